The van der Waals surface area contributed by atoms with E-state index in [4.69, 9.17) is 5.11 Å². The van der Waals surface area contributed by atoms with E-state index in [2.05, 4.69) is 9.71 Å². The zero-order valence-electron chi connectivity index (χ0n) is 9.87. The van der Waals surface area contributed by atoms with Crippen molar-refractivity contribution in [2.24, 2.45) is 0 Å². The number of hydrogen-bond acceptors (Lipinski definition) is 4. The number of rotatable bonds is 4. The lowest BCUT2D eigenvalue weighted by molar-refractivity contribution is 0.265. The molecule has 1 aromatic heterocycles. The first-order valence-electron chi connectivity index (χ1n) is 5.50. The highest BCUT2D eigenvalue weighted by atomic mass is 32.2. The number of aliphatic hydroxyl groups excluding tert-OH is 1. The van der Waals surface area contributed by atoms with Gasteiger partial charge < -0.3 is 5.11 Å². The van der Waals surface area contributed by atoms with Gasteiger partial charge in [0, 0.05) is 29.2 Å². The molecule has 2 aromatic rings. The van der Waals surface area contributed by atoms with Crippen molar-refractivity contribution < 1.29 is 13.5 Å². The van der Waals surface area contributed by atoms with E-state index in [0.29, 0.717) is 5.39 Å². The van der Waals surface area contributed by atoms with E-state index in [1.54, 1.807) is 37.5 Å². The molecule has 2 rings (SSSR count). The summed E-state index contributed by atoms with van der Waals surface area (Å²) in [5, 5.41) is 10.3. The van der Waals surface area contributed by atoms with Crippen LogP contribution in [-0.2, 0) is 10.0 Å². The maximum absolute atomic E-state index is 12.2. The lowest BCUT2D eigenvalue weighted by Crippen LogP contribution is -2.35. The van der Waals surface area contributed by atoms with Gasteiger partial charge in [0.2, 0.25) is 10.0 Å². The second-order valence-corrected chi connectivity index (χ2v) is 5.74. The van der Waals surface area contributed by atoms with Gasteiger partial charge in [0.1, 0.15) is 0 Å². The fourth-order valence-corrected chi connectivity index (χ4v) is 3.16. The van der Waals surface area contributed by atoms with E-state index in [1.807, 2.05) is 0 Å². The van der Waals surface area contributed by atoms with E-state index in [-0.39, 0.29) is 11.5 Å². The van der Waals surface area contributed by atoms with Gasteiger partial charge in [-0.1, -0.05) is 12.1 Å². The first-order valence-corrected chi connectivity index (χ1v) is 6.99. The Morgan fingerprint density at radius 3 is 2.89 bits per heavy atom. The second kappa shape index (κ2) is 5.01. The molecule has 0 radical (unpaired) electrons. The topological polar surface area (TPSA) is 79.3 Å². The molecule has 0 bridgehead atoms. The normalized spacial score (nSPS) is 13.7. The molecule has 0 unspecified atom stereocenters. The molecular weight excluding hydrogens is 252 g/mol. The zero-order chi connectivity index (χ0) is 13.2. The highest BCUT2D eigenvalue weighted by molar-refractivity contribution is 7.89. The van der Waals surface area contributed by atoms with Gasteiger partial charge in [0.05, 0.1) is 11.5 Å². The van der Waals surface area contributed by atoms with Crippen molar-refractivity contribution in [2.75, 3.05) is 6.61 Å². The Bertz CT molecular complexity index is 650. The molecule has 2 N–H and O–H groups in total. The van der Waals surface area contributed by atoms with Crippen molar-refractivity contribution in [2.45, 2.75) is 17.9 Å². The molecule has 0 aliphatic carbocycles. The molecule has 1 aromatic carbocycles. The highest BCUT2D eigenvalue weighted by Gasteiger charge is 2.19. The molecule has 0 saturated carbocycles. The van der Waals surface area contributed by atoms with Gasteiger partial charge in [0.15, 0.2) is 0 Å². The van der Waals surface area contributed by atoms with E-state index in [9.17, 15) is 8.42 Å². The van der Waals surface area contributed by atoms with Crippen LogP contribution in [0.2, 0.25) is 0 Å². The summed E-state index contributed by atoms with van der Waals surface area (Å²) in [5.41, 5.74) is 0. The van der Waals surface area contributed by atoms with Gasteiger partial charge in [0.25, 0.3) is 0 Å². The zero-order valence-corrected chi connectivity index (χ0v) is 10.7. The predicted molar refractivity (Wildman–Crippen MR) is 68.6 cm³/mol. The van der Waals surface area contributed by atoms with Crippen LogP contribution in [-0.4, -0.2) is 31.2 Å². The van der Waals surface area contributed by atoms with E-state index in [1.165, 1.54) is 6.07 Å². The Labute approximate surface area is 106 Å². The summed E-state index contributed by atoms with van der Waals surface area (Å²) in [4.78, 5) is 4.15. The fourth-order valence-electron chi connectivity index (χ4n) is 1.69. The van der Waals surface area contributed by atoms with Crippen molar-refractivity contribution in [3.05, 3.63) is 36.7 Å². The minimum absolute atomic E-state index is 0.197. The summed E-state index contributed by atoms with van der Waals surface area (Å²) >= 11 is 0. The van der Waals surface area contributed by atoms with Crippen molar-refractivity contribution in [1.82, 2.24) is 9.71 Å². The average Bonchev–Trinajstić information content (AvgIpc) is 2.37. The Kier molecular flexibility index (Phi) is 3.60. The number of fused-ring (bicyclic) bond motifs is 1. The molecule has 6 heteroatoms. The first-order chi connectivity index (χ1) is 8.54. The lowest BCUT2D eigenvalue weighted by atomic mass is 10.2. The third-order valence-corrected chi connectivity index (χ3v) is 4.21. The smallest absolute Gasteiger partial charge is 0.241 e. The molecule has 0 fully saturated rings. The van der Waals surface area contributed by atoms with Gasteiger partial charge >= 0.3 is 0 Å². The van der Waals surface area contributed by atoms with Crippen LogP contribution in [0.25, 0.3) is 10.8 Å². The molecule has 0 aliphatic rings. The average molecular weight is 266 g/mol. The van der Waals surface area contributed by atoms with Gasteiger partial charge in [-0.05, 0) is 19.1 Å². The van der Waals surface area contributed by atoms with Gasteiger partial charge in [-0.15, -0.1) is 0 Å². The van der Waals surface area contributed by atoms with Crippen LogP contribution in [0.1, 0.15) is 6.92 Å². The van der Waals surface area contributed by atoms with Crippen LogP contribution in [0, 0.1) is 0 Å². The summed E-state index contributed by atoms with van der Waals surface area (Å²) in [6, 6.07) is 6.15. The maximum atomic E-state index is 12.2. The number of nitrogens with one attached hydrogen (secondary N) is 1. The quantitative estimate of drug-likeness (QED) is 0.861. The molecule has 0 amide bonds. The van der Waals surface area contributed by atoms with Crippen LogP contribution in [0.5, 0.6) is 0 Å². The molecule has 1 atom stereocenters. The highest BCUT2D eigenvalue weighted by Crippen LogP contribution is 2.21. The Balaban J connectivity index is 2.54. The molecular formula is C12H14N2O3S. The van der Waals surface area contributed by atoms with Crippen molar-refractivity contribution in [3.8, 4) is 0 Å². The van der Waals surface area contributed by atoms with Crippen molar-refractivity contribution in [3.63, 3.8) is 0 Å². The number of sulfonamides is 1. The molecule has 1 heterocycles. The maximum Gasteiger partial charge on any atom is 0.241 e. The summed E-state index contributed by atoms with van der Waals surface area (Å²) in [5.74, 6) is 0. The van der Waals surface area contributed by atoms with Crippen LogP contribution in [0.3, 0.4) is 0 Å². The standard InChI is InChI=1S/C12H14N2O3S/c1-9(8-15)14-18(16,17)12-4-2-3-10-7-13-6-5-11(10)12/h2-7,9,14-15H,8H2,1H3/t9-/m1/s1. The van der Waals surface area contributed by atoms with Crippen LogP contribution in [0.15, 0.2) is 41.6 Å². The van der Waals surface area contributed by atoms with Crippen molar-refractivity contribution >= 4 is 20.8 Å². The number of nitrogens with zero attached hydrogens (tertiary/aromatic N) is 1. The largest absolute Gasteiger partial charge is 0.395 e. The van der Waals surface area contributed by atoms with Gasteiger partial charge in [-0.3, -0.25) is 4.98 Å². The molecule has 0 spiro atoms. The molecule has 96 valence electrons. The third kappa shape index (κ3) is 2.50. The molecule has 0 saturated heterocycles. The van der Waals surface area contributed by atoms with E-state index in [0.717, 1.165) is 5.39 Å². The number of pyridine rings is 1. The van der Waals surface area contributed by atoms with E-state index >= 15 is 0 Å². The number of benzene rings is 1. The first kappa shape index (κ1) is 12.9. The molecule has 5 nitrogen and oxygen atoms in total. The summed E-state index contributed by atoms with van der Waals surface area (Å²) in [7, 11) is -3.64. The number of aliphatic hydroxyl groups is 1. The minimum atomic E-state index is -3.64. The van der Waals surface area contributed by atoms with Gasteiger partial charge in [-0.2, -0.15) is 0 Å². The Morgan fingerprint density at radius 2 is 2.17 bits per heavy atom. The minimum Gasteiger partial charge on any atom is -0.395 e. The second-order valence-electron chi connectivity index (χ2n) is 4.06. The fraction of sp³-hybridized carbons (Fsp3) is 0.250. The summed E-state index contributed by atoms with van der Waals surface area (Å²) in [6.45, 7) is 1.36. The monoisotopic (exact) mass is 266 g/mol. The SMILES string of the molecule is C[C@H](CO)NS(=O)(=O)c1cccc2cnccc12. The van der Waals surface area contributed by atoms with E-state index < -0.39 is 16.1 Å². The third-order valence-electron chi connectivity index (χ3n) is 2.56. The molecule has 18 heavy (non-hydrogen) atoms. The van der Waals surface area contributed by atoms with Crippen LogP contribution < -0.4 is 4.72 Å². The number of aromatic nitrogens is 1. The Hall–Kier alpha value is -1.50. The molecule has 0 aliphatic heterocycles. The lowest BCUT2D eigenvalue weighted by Gasteiger charge is -2.13. The summed E-state index contributed by atoms with van der Waals surface area (Å²) < 4.78 is 26.8. The van der Waals surface area contributed by atoms with Crippen LogP contribution in [0.4, 0.5) is 0 Å². The predicted octanol–water partition coefficient (Wildman–Crippen LogP) is 0.894. The van der Waals surface area contributed by atoms with Crippen molar-refractivity contribution in [1.29, 1.82) is 0 Å². The summed E-state index contributed by atoms with van der Waals surface area (Å²) in [6.07, 6.45) is 3.17. The number of hydrogen-bond donors (Lipinski definition) is 2. The van der Waals surface area contributed by atoms with Crippen LogP contribution >= 0.6 is 0 Å². The Morgan fingerprint density at radius 1 is 1.39 bits per heavy atom. The van der Waals surface area contributed by atoms with Gasteiger partial charge in [-0.25, -0.2) is 13.1 Å².